The van der Waals surface area contributed by atoms with E-state index < -0.39 is 70.8 Å². The van der Waals surface area contributed by atoms with Crippen LogP contribution in [0.3, 0.4) is 0 Å². The van der Waals surface area contributed by atoms with E-state index in [0.29, 0.717) is 16.1 Å². The van der Waals surface area contributed by atoms with Crippen molar-refractivity contribution < 1.29 is 52.8 Å². The number of aliphatic hydroxyl groups is 1. The highest BCUT2D eigenvalue weighted by molar-refractivity contribution is 6.30. The summed E-state index contributed by atoms with van der Waals surface area (Å²) in [6, 6.07) is 15.1. The number of carbonyl (C=O) groups is 5. The van der Waals surface area contributed by atoms with Crippen LogP contribution < -0.4 is 0 Å². The van der Waals surface area contributed by atoms with Gasteiger partial charge in [0.25, 0.3) is 0 Å². The van der Waals surface area contributed by atoms with Gasteiger partial charge < -0.3 is 28.8 Å². The van der Waals surface area contributed by atoms with E-state index in [2.05, 4.69) is 0 Å². The molecule has 2 aliphatic carbocycles. The first-order chi connectivity index (χ1) is 21.0. The zero-order valence-electron chi connectivity index (χ0n) is 24.4. The summed E-state index contributed by atoms with van der Waals surface area (Å²) >= 11 is 5.92. The summed E-state index contributed by atoms with van der Waals surface area (Å²) in [4.78, 5) is 67.1. The van der Waals surface area contributed by atoms with Crippen molar-refractivity contribution in [1.29, 1.82) is 0 Å². The van der Waals surface area contributed by atoms with Gasteiger partial charge >= 0.3 is 29.8 Å². The number of methoxy groups -OCH3 is 4. The summed E-state index contributed by atoms with van der Waals surface area (Å²) in [6.45, 7) is 0. The summed E-state index contributed by atoms with van der Waals surface area (Å²) in [7, 11) is 4.24. The van der Waals surface area contributed by atoms with Crippen molar-refractivity contribution >= 4 is 47.5 Å². The lowest BCUT2D eigenvalue weighted by molar-refractivity contribution is -0.208. The summed E-state index contributed by atoms with van der Waals surface area (Å²) in [5, 5.41) is 13.2. The zero-order valence-corrected chi connectivity index (χ0v) is 25.1. The number of rotatable bonds is 8. The molecular weight excluding hydrogens is 596 g/mol. The number of benzene rings is 2. The van der Waals surface area contributed by atoms with Crippen LogP contribution in [0.15, 0.2) is 72.0 Å². The Labute approximate surface area is 258 Å². The molecule has 2 bridgehead atoms. The normalized spacial score (nSPS) is 26.0. The molecule has 12 heteroatoms. The Morgan fingerprint density at radius 2 is 1.36 bits per heavy atom. The third-order valence-corrected chi connectivity index (χ3v) is 8.39. The van der Waals surface area contributed by atoms with Gasteiger partial charge in [0, 0.05) is 22.9 Å². The molecule has 2 aromatic rings. The summed E-state index contributed by atoms with van der Waals surface area (Å²) < 4.78 is 25.8. The molecule has 0 aliphatic heterocycles. The average Bonchev–Trinajstić information content (AvgIpc) is 3.03. The van der Waals surface area contributed by atoms with Crippen molar-refractivity contribution in [2.45, 2.75) is 17.9 Å². The van der Waals surface area contributed by atoms with Crippen LogP contribution in [-0.2, 0) is 47.7 Å². The maximum Gasteiger partial charge on any atom is 0.337 e. The van der Waals surface area contributed by atoms with Gasteiger partial charge in [-0.1, -0.05) is 54.1 Å². The Morgan fingerprint density at radius 1 is 0.795 bits per heavy atom. The maximum absolute atomic E-state index is 13.6. The smallest absolute Gasteiger partial charge is 0.337 e. The predicted octanol–water partition coefficient (Wildman–Crippen LogP) is 3.24. The van der Waals surface area contributed by atoms with E-state index in [-0.39, 0.29) is 12.0 Å². The second-order valence-corrected chi connectivity index (χ2v) is 10.7. The van der Waals surface area contributed by atoms with Gasteiger partial charge in [-0.2, -0.15) is 0 Å². The molecule has 2 aliphatic rings. The van der Waals surface area contributed by atoms with E-state index in [0.717, 1.165) is 34.5 Å². The molecular formula is C32H31ClO11. The van der Waals surface area contributed by atoms with Crippen LogP contribution in [0.4, 0.5) is 0 Å². The van der Waals surface area contributed by atoms with E-state index >= 15 is 0 Å². The van der Waals surface area contributed by atoms with Gasteiger partial charge in [-0.15, -0.1) is 0 Å². The van der Waals surface area contributed by atoms with E-state index in [1.165, 1.54) is 6.08 Å². The molecule has 232 valence electrons. The molecule has 0 radical (unpaired) electrons. The quantitative estimate of drug-likeness (QED) is 0.261. The Balaban J connectivity index is 1.98. The van der Waals surface area contributed by atoms with E-state index in [4.69, 9.17) is 35.3 Å². The maximum atomic E-state index is 13.6. The molecule has 0 heterocycles. The van der Waals surface area contributed by atoms with Gasteiger partial charge in [0.15, 0.2) is 0 Å². The van der Waals surface area contributed by atoms with Gasteiger partial charge in [0.1, 0.15) is 17.3 Å². The Hall–Kier alpha value is -4.48. The molecule has 1 fully saturated rings. The first-order valence-electron chi connectivity index (χ1n) is 13.5. The van der Waals surface area contributed by atoms with Crippen molar-refractivity contribution in [1.82, 2.24) is 0 Å². The van der Waals surface area contributed by atoms with Crippen molar-refractivity contribution in [3.63, 3.8) is 0 Å². The SMILES string of the molecule is COC(=O)C1=C(OC(=O)/C=C/c2ccc(Cl)cc2)C(C(=O)OC)[C@]2(O)[C@H](C(=O)OC)[C@@H]1C[C@H](c1ccccc1)[C@H]2C(=O)OC. The fraction of sp³-hybridized carbons (Fsp3) is 0.344. The molecule has 44 heavy (non-hydrogen) atoms. The first-order valence-corrected chi connectivity index (χ1v) is 13.9. The highest BCUT2D eigenvalue weighted by atomic mass is 35.5. The van der Waals surface area contributed by atoms with E-state index in [9.17, 15) is 29.1 Å². The molecule has 0 aromatic heterocycles. The van der Waals surface area contributed by atoms with Gasteiger partial charge in [0.2, 0.25) is 0 Å². The lowest BCUT2D eigenvalue weighted by atomic mass is 9.49. The fourth-order valence-corrected chi connectivity index (χ4v) is 6.46. The Morgan fingerprint density at radius 3 is 1.91 bits per heavy atom. The van der Waals surface area contributed by atoms with Crippen LogP contribution >= 0.6 is 11.6 Å². The lowest BCUT2D eigenvalue weighted by Crippen LogP contribution is -2.68. The summed E-state index contributed by atoms with van der Waals surface area (Å²) in [5.74, 6) is -13.2. The van der Waals surface area contributed by atoms with E-state index in [1.54, 1.807) is 54.6 Å². The third kappa shape index (κ3) is 5.85. The minimum absolute atomic E-state index is 0.0914. The highest BCUT2D eigenvalue weighted by Crippen LogP contribution is 2.60. The minimum atomic E-state index is -2.65. The number of fused-ring (bicyclic) bond motifs is 2. The molecule has 1 saturated carbocycles. The molecule has 6 atom stereocenters. The first kappa shape index (κ1) is 32.4. The molecule has 0 saturated heterocycles. The van der Waals surface area contributed by atoms with E-state index in [1.807, 2.05) is 0 Å². The number of ether oxygens (including phenoxy) is 5. The molecule has 11 nitrogen and oxygen atoms in total. The van der Waals surface area contributed by atoms with Crippen LogP contribution in [0.1, 0.15) is 23.5 Å². The monoisotopic (exact) mass is 626 g/mol. The largest absolute Gasteiger partial charge is 0.469 e. The number of hydrogen-bond acceptors (Lipinski definition) is 11. The van der Waals surface area contributed by atoms with Crippen LogP contribution in [0.2, 0.25) is 5.02 Å². The van der Waals surface area contributed by atoms with Crippen LogP contribution in [0.5, 0.6) is 0 Å². The lowest BCUT2D eigenvalue weighted by Gasteiger charge is -2.55. The topological polar surface area (TPSA) is 152 Å². The fourth-order valence-electron chi connectivity index (χ4n) is 6.33. The summed E-state index contributed by atoms with van der Waals surface area (Å²) in [6.07, 6.45) is 2.35. The van der Waals surface area contributed by atoms with Crippen molar-refractivity contribution in [3.05, 3.63) is 88.2 Å². The predicted molar refractivity (Wildman–Crippen MR) is 154 cm³/mol. The van der Waals surface area contributed by atoms with Gasteiger partial charge in [0.05, 0.1) is 45.8 Å². The zero-order chi connectivity index (χ0) is 32.2. The third-order valence-electron chi connectivity index (χ3n) is 8.14. The molecule has 4 rings (SSSR count). The van der Waals surface area contributed by atoms with Crippen molar-refractivity contribution in [2.75, 3.05) is 28.4 Å². The number of carbonyl (C=O) groups excluding carboxylic acids is 5. The van der Waals surface area contributed by atoms with Crippen LogP contribution in [0, 0.1) is 23.7 Å². The Kier molecular flexibility index (Phi) is 9.91. The van der Waals surface area contributed by atoms with Crippen molar-refractivity contribution in [2.24, 2.45) is 23.7 Å². The van der Waals surface area contributed by atoms with Gasteiger partial charge in [-0.05, 0) is 35.8 Å². The number of hydrogen-bond donors (Lipinski definition) is 1. The molecule has 1 N–H and O–H groups in total. The average molecular weight is 627 g/mol. The summed E-state index contributed by atoms with van der Waals surface area (Å²) in [5.41, 5.74) is -1.85. The van der Waals surface area contributed by atoms with Gasteiger partial charge in [-0.25, -0.2) is 9.59 Å². The van der Waals surface area contributed by atoms with Crippen LogP contribution in [0.25, 0.3) is 6.08 Å². The second-order valence-electron chi connectivity index (χ2n) is 10.3. The van der Waals surface area contributed by atoms with Gasteiger partial charge in [-0.3, -0.25) is 14.4 Å². The molecule has 2 aromatic carbocycles. The number of halogens is 1. The second kappa shape index (κ2) is 13.4. The van der Waals surface area contributed by atoms with Crippen LogP contribution in [-0.4, -0.2) is 69.0 Å². The molecule has 0 amide bonds. The molecule has 0 spiro atoms. The molecule has 1 unspecified atom stereocenters. The Bertz CT molecular complexity index is 1500. The number of esters is 5. The minimum Gasteiger partial charge on any atom is -0.469 e. The highest BCUT2D eigenvalue weighted by Gasteiger charge is 2.71. The standard InChI is InChI=1S/C32H31ClO11/c1-40-28(35)23-21-16-20(18-8-6-5-7-9-18)24(29(36)41-2)32(39,25(21)30(37)42-3)26(31(38)43-4)27(23)44-22(34)15-12-17-10-13-19(33)14-11-17/h5-15,20-21,24-26,39H,16H2,1-4H3/b15-12+/t20-,21-,24+,25+,26?,32-/m1/s1. The van der Waals surface area contributed by atoms with Crippen molar-refractivity contribution in [3.8, 4) is 0 Å².